The van der Waals surface area contributed by atoms with E-state index in [1.807, 2.05) is 10.5 Å². The minimum Gasteiger partial charge on any atom is -0.349 e. The van der Waals surface area contributed by atoms with Gasteiger partial charge in [-0.15, -0.1) is 0 Å². The van der Waals surface area contributed by atoms with Gasteiger partial charge in [0, 0.05) is 44.3 Å². The number of halogens is 1. The van der Waals surface area contributed by atoms with Crippen LogP contribution in [0.3, 0.4) is 0 Å². The molecular weight excluding hydrogens is 509 g/mol. The number of aromatic nitrogens is 2. The second-order valence-corrected chi connectivity index (χ2v) is 11.0. The summed E-state index contributed by atoms with van der Waals surface area (Å²) in [5.41, 5.74) is 3.75. The molecule has 1 saturated carbocycles. The summed E-state index contributed by atoms with van der Waals surface area (Å²) >= 11 is 0. The highest BCUT2D eigenvalue weighted by Crippen LogP contribution is 2.29. The SMILES string of the molecule is Cc1cc(F)c(C(=O)NC2CC2)cc1/C(C=N)=C/Nc1cnc2ccc(C3CCN(CC(=O)N(C)C)CC3)cn12. The van der Waals surface area contributed by atoms with Gasteiger partial charge in [0.15, 0.2) is 0 Å². The van der Waals surface area contributed by atoms with Gasteiger partial charge in [0.05, 0.1) is 18.3 Å². The lowest BCUT2D eigenvalue weighted by Gasteiger charge is -2.32. The van der Waals surface area contributed by atoms with Crippen molar-refractivity contribution < 1.29 is 14.0 Å². The van der Waals surface area contributed by atoms with E-state index in [-0.39, 0.29) is 17.5 Å². The number of likely N-dealkylation sites (tertiary alicyclic amines) is 1. The van der Waals surface area contributed by atoms with Crippen molar-refractivity contribution in [2.75, 3.05) is 39.0 Å². The molecule has 2 aromatic heterocycles. The van der Waals surface area contributed by atoms with Crippen molar-refractivity contribution in [1.29, 1.82) is 5.41 Å². The number of rotatable bonds is 9. The molecule has 2 amide bonds. The summed E-state index contributed by atoms with van der Waals surface area (Å²) in [6.07, 6.45) is 10.5. The maximum atomic E-state index is 14.6. The van der Waals surface area contributed by atoms with Crippen LogP contribution in [0.15, 0.2) is 42.9 Å². The minimum atomic E-state index is -0.568. The number of hydrogen-bond acceptors (Lipinski definition) is 6. The van der Waals surface area contributed by atoms with Gasteiger partial charge in [-0.05, 0) is 86.5 Å². The summed E-state index contributed by atoms with van der Waals surface area (Å²) < 4.78 is 16.6. The topological polar surface area (TPSA) is 106 Å². The molecule has 0 atom stereocenters. The number of carbonyl (C=O) groups is 2. The van der Waals surface area contributed by atoms with Gasteiger partial charge in [-0.1, -0.05) is 6.07 Å². The van der Waals surface area contributed by atoms with E-state index in [0.29, 0.717) is 29.2 Å². The van der Waals surface area contributed by atoms with E-state index in [1.54, 1.807) is 38.3 Å². The summed E-state index contributed by atoms with van der Waals surface area (Å²) in [7, 11) is 3.57. The van der Waals surface area contributed by atoms with Crippen LogP contribution in [0.25, 0.3) is 11.2 Å². The van der Waals surface area contributed by atoms with Crippen LogP contribution in [0, 0.1) is 18.2 Å². The molecular formula is C30H36FN7O2. The Balaban J connectivity index is 1.32. The number of nitrogens with one attached hydrogen (secondary N) is 3. The average molecular weight is 546 g/mol. The lowest BCUT2D eigenvalue weighted by Crippen LogP contribution is -2.40. The molecule has 9 nitrogen and oxygen atoms in total. The Hall–Kier alpha value is -4.05. The first kappa shape index (κ1) is 27.5. The van der Waals surface area contributed by atoms with Crippen molar-refractivity contribution >= 4 is 35.1 Å². The maximum Gasteiger partial charge on any atom is 0.254 e. The lowest BCUT2D eigenvalue weighted by atomic mass is 9.90. The Morgan fingerprint density at radius 2 is 1.90 bits per heavy atom. The molecule has 210 valence electrons. The van der Waals surface area contributed by atoms with Crippen LogP contribution in [0.1, 0.15) is 58.6 Å². The summed E-state index contributed by atoms with van der Waals surface area (Å²) in [5.74, 6) is 0.251. The molecule has 1 aliphatic heterocycles. The van der Waals surface area contributed by atoms with Crippen molar-refractivity contribution in [1.82, 2.24) is 24.5 Å². The second-order valence-electron chi connectivity index (χ2n) is 11.0. The quantitative estimate of drug-likeness (QED) is 0.352. The predicted octanol–water partition coefficient (Wildman–Crippen LogP) is 4.04. The normalized spacial score (nSPS) is 16.6. The second kappa shape index (κ2) is 11.6. The highest BCUT2D eigenvalue weighted by Gasteiger charge is 2.26. The molecule has 3 N–H and O–H groups in total. The van der Waals surface area contributed by atoms with Crippen molar-refractivity contribution in [3.8, 4) is 0 Å². The summed E-state index contributed by atoms with van der Waals surface area (Å²) in [6, 6.07) is 7.10. The number of benzene rings is 1. The molecule has 10 heteroatoms. The van der Waals surface area contributed by atoms with Crippen LogP contribution in [0.2, 0.25) is 0 Å². The maximum absolute atomic E-state index is 14.6. The number of allylic oxidation sites excluding steroid dienone is 1. The number of fused-ring (bicyclic) bond motifs is 1. The molecule has 3 aromatic rings. The third-order valence-corrected chi connectivity index (χ3v) is 7.76. The molecule has 0 radical (unpaired) electrons. The zero-order chi connectivity index (χ0) is 28.4. The fraction of sp³-hybridized carbons (Fsp3) is 0.400. The van der Waals surface area contributed by atoms with Crippen LogP contribution in [0.4, 0.5) is 10.2 Å². The van der Waals surface area contributed by atoms with Gasteiger partial charge in [-0.2, -0.15) is 0 Å². The number of piperidine rings is 1. The molecule has 0 unspecified atom stereocenters. The highest BCUT2D eigenvalue weighted by molar-refractivity contribution is 6.10. The van der Waals surface area contributed by atoms with Gasteiger partial charge in [-0.3, -0.25) is 18.9 Å². The van der Waals surface area contributed by atoms with E-state index in [1.165, 1.54) is 23.9 Å². The van der Waals surface area contributed by atoms with E-state index in [0.717, 1.165) is 50.2 Å². The zero-order valence-electron chi connectivity index (χ0n) is 23.2. The first-order valence-corrected chi connectivity index (χ1v) is 13.7. The molecule has 2 aliphatic rings. The smallest absolute Gasteiger partial charge is 0.254 e. The van der Waals surface area contributed by atoms with E-state index in [4.69, 9.17) is 5.41 Å². The number of nitrogens with zero attached hydrogens (tertiary/aromatic N) is 4. The Labute approximate surface area is 233 Å². The predicted molar refractivity (Wildman–Crippen MR) is 154 cm³/mol. The molecule has 0 spiro atoms. The molecule has 0 bridgehead atoms. The number of carbonyl (C=O) groups excluding carboxylic acids is 2. The number of imidazole rings is 1. The molecule has 3 heterocycles. The van der Waals surface area contributed by atoms with Gasteiger partial charge in [0.1, 0.15) is 17.3 Å². The van der Waals surface area contributed by atoms with E-state index >= 15 is 0 Å². The zero-order valence-corrected chi connectivity index (χ0v) is 23.2. The third-order valence-electron chi connectivity index (χ3n) is 7.76. The molecule has 5 rings (SSSR count). The van der Waals surface area contributed by atoms with Crippen LogP contribution in [0.5, 0.6) is 0 Å². The van der Waals surface area contributed by atoms with Crippen molar-refractivity contribution in [3.63, 3.8) is 0 Å². The molecule has 2 fully saturated rings. The van der Waals surface area contributed by atoms with Gasteiger partial charge in [0.2, 0.25) is 5.91 Å². The Morgan fingerprint density at radius 3 is 2.58 bits per heavy atom. The first-order chi connectivity index (χ1) is 19.2. The van der Waals surface area contributed by atoms with Gasteiger partial charge in [-0.25, -0.2) is 9.37 Å². The van der Waals surface area contributed by atoms with E-state index < -0.39 is 11.7 Å². The lowest BCUT2D eigenvalue weighted by molar-refractivity contribution is -0.130. The van der Waals surface area contributed by atoms with Gasteiger partial charge >= 0.3 is 0 Å². The Bertz CT molecular complexity index is 1470. The molecule has 1 saturated heterocycles. The number of pyridine rings is 1. The van der Waals surface area contributed by atoms with E-state index in [2.05, 4.69) is 32.8 Å². The minimum absolute atomic E-state index is 0.0168. The number of anilines is 1. The number of amides is 2. The monoisotopic (exact) mass is 545 g/mol. The average Bonchev–Trinajstić information content (AvgIpc) is 3.66. The third kappa shape index (κ3) is 6.07. The fourth-order valence-corrected chi connectivity index (χ4v) is 5.10. The molecule has 1 aliphatic carbocycles. The largest absolute Gasteiger partial charge is 0.349 e. The van der Waals surface area contributed by atoms with Crippen molar-refractivity contribution in [2.45, 2.75) is 44.6 Å². The Morgan fingerprint density at radius 1 is 1.15 bits per heavy atom. The number of hydrogen-bond donors (Lipinski definition) is 3. The van der Waals surface area contributed by atoms with Gasteiger partial charge in [0.25, 0.3) is 5.91 Å². The van der Waals surface area contributed by atoms with Crippen LogP contribution < -0.4 is 10.6 Å². The summed E-state index contributed by atoms with van der Waals surface area (Å²) in [5, 5.41) is 14.1. The Kier molecular flexibility index (Phi) is 7.97. The highest BCUT2D eigenvalue weighted by atomic mass is 19.1. The standard InChI is InChI=1S/C30H36FN7O2/c1-19-12-26(31)25(30(40)35-23-5-6-23)13-24(19)22(14-32)15-33-28-16-34-27-7-4-21(17-38(27)28)20-8-10-37(11-9-20)18-29(39)36(2)3/h4,7,12-17,20,23,32-33H,5-6,8-11,18H2,1-3H3,(H,35,40)/b22-15+,32-14?. The van der Waals surface area contributed by atoms with E-state index in [9.17, 15) is 14.0 Å². The summed E-state index contributed by atoms with van der Waals surface area (Å²) in [6.45, 7) is 3.97. The molecule has 1 aromatic carbocycles. The number of aryl methyl sites for hydroxylation is 1. The summed E-state index contributed by atoms with van der Waals surface area (Å²) in [4.78, 5) is 33.0. The van der Waals surface area contributed by atoms with Crippen LogP contribution in [-0.2, 0) is 4.79 Å². The van der Waals surface area contributed by atoms with Crippen molar-refractivity contribution in [3.05, 3.63) is 70.9 Å². The van der Waals surface area contributed by atoms with Crippen LogP contribution in [-0.4, -0.2) is 77.0 Å². The first-order valence-electron chi connectivity index (χ1n) is 13.7. The fourth-order valence-electron chi connectivity index (χ4n) is 5.10. The van der Waals surface area contributed by atoms with Crippen molar-refractivity contribution in [2.24, 2.45) is 0 Å². The number of likely N-dealkylation sites (N-methyl/N-ethyl adjacent to an activating group) is 1. The molecule has 40 heavy (non-hydrogen) atoms. The van der Waals surface area contributed by atoms with Gasteiger partial charge < -0.3 is 20.9 Å². The van der Waals surface area contributed by atoms with Crippen LogP contribution >= 0.6 is 0 Å².